The number of nitrogens with zero attached hydrogens (tertiary/aromatic N) is 1. The third-order valence-electron chi connectivity index (χ3n) is 4.31. The number of anilines is 1. The summed E-state index contributed by atoms with van der Waals surface area (Å²) in [6.07, 6.45) is 0. The summed E-state index contributed by atoms with van der Waals surface area (Å²) in [7, 11) is -2.73. The van der Waals surface area contributed by atoms with Gasteiger partial charge in [-0.1, -0.05) is 36.2 Å². The van der Waals surface area contributed by atoms with Crippen LogP contribution in [0.1, 0.15) is 24.2 Å². The van der Waals surface area contributed by atoms with E-state index in [4.69, 9.17) is 27.9 Å². The number of ether oxygens (including phenoxy) is 1. The molecule has 2 rings (SSSR count). The number of carbonyl (C=O) groups is 2. The summed E-state index contributed by atoms with van der Waals surface area (Å²) in [6.45, 7) is 4.00. The van der Waals surface area contributed by atoms with Crippen molar-refractivity contribution in [2.24, 2.45) is 5.92 Å². The normalized spacial score (nSPS) is 12.2. The molecule has 0 bridgehead atoms. The Hall–Kier alpha value is -2.29. The van der Waals surface area contributed by atoms with Gasteiger partial charge in [0.05, 0.1) is 18.1 Å². The van der Waals surface area contributed by atoms with Crippen molar-refractivity contribution in [3.05, 3.63) is 58.1 Å². The Bertz CT molecular complexity index is 1040. The number of benzene rings is 2. The Balaban J connectivity index is 2.25. The molecule has 0 fully saturated rings. The van der Waals surface area contributed by atoms with Gasteiger partial charge < -0.3 is 9.64 Å². The minimum absolute atomic E-state index is 0.0214. The average Bonchev–Trinajstić information content (AvgIpc) is 2.72. The van der Waals surface area contributed by atoms with Crippen LogP contribution < -0.4 is 4.72 Å². The highest BCUT2D eigenvalue weighted by Crippen LogP contribution is 2.27. The zero-order valence-electron chi connectivity index (χ0n) is 16.7. The van der Waals surface area contributed by atoms with Gasteiger partial charge in [0.2, 0.25) is 0 Å². The van der Waals surface area contributed by atoms with Gasteiger partial charge in [-0.3, -0.25) is 14.3 Å². The van der Waals surface area contributed by atoms with Crippen molar-refractivity contribution in [1.29, 1.82) is 0 Å². The lowest BCUT2D eigenvalue weighted by molar-refractivity contribution is -0.145. The topological polar surface area (TPSA) is 92.8 Å². The number of hydrogen-bond acceptors (Lipinski definition) is 5. The first kappa shape index (κ1) is 24.0. The van der Waals surface area contributed by atoms with Crippen LogP contribution in [0, 0.1) is 5.92 Å². The average molecular weight is 473 g/mol. The molecule has 0 saturated heterocycles. The summed E-state index contributed by atoms with van der Waals surface area (Å²) < 4.78 is 32.5. The molecule has 2 aromatic carbocycles. The molecule has 2 aromatic rings. The standard InChI is InChI=1S/C20H22Cl2N2O5S/c1-4-24(12-13(2)20(26)29-3)19(25)14-6-5-7-16(10-14)23-30(27,28)18-11-15(21)8-9-17(18)22/h5-11,13,23H,4,12H2,1-3H3. The summed E-state index contributed by atoms with van der Waals surface area (Å²) >= 11 is 11.9. The van der Waals surface area contributed by atoms with Crippen LogP contribution in [-0.4, -0.2) is 45.4 Å². The number of esters is 1. The Morgan fingerprint density at radius 1 is 1.17 bits per heavy atom. The SMILES string of the molecule is CCN(CC(C)C(=O)OC)C(=O)c1cccc(NS(=O)(=O)c2cc(Cl)ccc2Cl)c1. The lowest BCUT2D eigenvalue weighted by Gasteiger charge is -2.24. The number of methoxy groups -OCH3 is 1. The van der Waals surface area contributed by atoms with E-state index in [1.54, 1.807) is 26.0 Å². The third-order valence-corrected chi connectivity index (χ3v) is 6.41. The summed E-state index contributed by atoms with van der Waals surface area (Å²) in [5.41, 5.74) is 0.459. The van der Waals surface area contributed by atoms with Gasteiger partial charge in [0.25, 0.3) is 15.9 Å². The van der Waals surface area contributed by atoms with E-state index in [1.807, 2.05) is 0 Å². The second kappa shape index (κ2) is 10.1. The monoisotopic (exact) mass is 472 g/mol. The smallest absolute Gasteiger partial charge is 0.310 e. The molecule has 0 spiro atoms. The maximum absolute atomic E-state index is 12.9. The first-order valence-electron chi connectivity index (χ1n) is 9.04. The molecular weight excluding hydrogens is 451 g/mol. The van der Waals surface area contributed by atoms with E-state index >= 15 is 0 Å². The molecule has 10 heteroatoms. The fourth-order valence-electron chi connectivity index (χ4n) is 2.75. The number of halogens is 2. The molecule has 30 heavy (non-hydrogen) atoms. The van der Waals surface area contributed by atoms with Crippen LogP contribution in [0.3, 0.4) is 0 Å². The van der Waals surface area contributed by atoms with Crippen molar-refractivity contribution in [3.8, 4) is 0 Å². The molecule has 0 saturated carbocycles. The van der Waals surface area contributed by atoms with E-state index in [9.17, 15) is 18.0 Å². The molecule has 0 radical (unpaired) electrons. The lowest BCUT2D eigenvalue weighted by Crippen LogP contribution is -2.37. The Kier molecular flexibility index (Phi) is 8.11. The summed E-state index contributed by atoms with van der Waals surface area (Å²) in [6, 6.07) is 10.2. The summed E-state index contributed by atoms with van der Waals surface area (Å²) in [5, 5.41) is 0.245. The van der Waals surface area contributed by atoms with Crippen molar-refractivity contribution in [2.45, 2.75) is 18.7 Å². The molecule has 0 heterocycles. The van der Waals surface area contributed by atoms with Gasteiger partial charge in [0, 0.05) is 29.4 Å². The summed E-state index contributed by atoms with van der Waals surface area (Å²) in [5.74, 6) is -1.25. The first-order chi connectivity index (χ1) is 14.1. The van der Waals surface area contributed by atoms with Crippen LogP contribution in [0.5, 0.6) is 0 Å². The second-order valence-electron chi connectivity index (χ2n) is 6.53. The largest absolute Gasteiger partial charge is 0.469 e. The number of nitrogens with one attached hydrogen (secondary N) is 1. The molecule has 0 aromatic heterocycles. The van der Waals surface area contributed by atoms with Crippen molar-refractivity contribution in [3.63, 3.8) is 0 Å². The van der Waals surface area contributed by atoms with Crippen molar-refractivity contribution in [2.75, 3.05) is 24.9 Å². The molecule has 1 atom stereocenters. The fourth-order valence-corrected chi connectivity index (χ4v) is 4.57. The Labute approximate surface area is 186 Å². The van der Waals surface area contributed by atoms with Crippen LogP contribution >= 0.6 is 23.2 Å². The first-order valence-corrected chi connectivity index (χ1v) is 11.3. The van der Waals surface area contributed by atoms with E-state index in [1.165, 1.54) is 42.3 Å². The van der Waals surface area contributed by atoms with E-state index in [0.717, 1.165) is 0 Å². The van der Waals surface area contributed by atoms with Crippen molar-refractivity contribution < 1.29 is 22.7 Å². The summed E-state index contributed by atoms with van der Waals surface area (Å²) in [4.78, 5) is 25.8. The maximum atomic E-state index is 12.9. The van der Waals surface area contributed by atoms with Gasteiger partial charge in [-0.25, -0.2) is 8.42 Å². The van der Waals surface area contributed by atoms with Crippen molar-refractivity contribution >= 4 is 50.8 Å². The van der Waals surface area contributed by atoms with Gasteiger partial charge in [-0.2, -0.15) is 0 Å². The zero-order chi connectivity index (χ0) is 22.5. The maximum Gasteiger partial charge on any atom is 0.310 e. The van der Waals surface area contributed by atoms with Gasteiger partial charge >= 0.3 is 5.97 Å². The molecule has 7 nitrogen and oxygen atoms in total. The van der Waals surface area contributed by atoms with Gasteiger partial charge in [0.15, 0.2) is 0 Å². The number of carbonyl (C=O) groups excluding carboxylic acids is 2. The van der Waals surface area contributed by atoms with Gasteiger partial charge in [-0.05, 0) is 43.3 Å². The van der Waals surface area contributed by atoms with E-state index in [2.05, 4.69) is 4.72 Å². The molecule has 162 valence electrons. The van der Waals surface area contributed by atoms with Crippen molar-refractivity contribution in [1.82, 2.24) is 4.90 Å². The molecule has 0 aliphatic heterocycles. The molecule has 1 N–H and O–H groups in total. The molecule has 1 amide bonds. The number of hydrogen-bond donors (Lipinski definition) is 1. The van der Waals surface area contributed by atoms with Crippen LogP contribution in [0.2, 0.25) is 10.0 Å². The zero-order valence-corrected chi connectivity index (χ0v) is 19.0. The van der Waals surface area contributed by atoms with E-state index in [-0.39, 0.29) is 38.6 Å². The molecule has 1 unspecified atom stereocenters. The lowest BCUT2D eigenvalue weighted by atomic mass is 10.1. The highest BCUT2D eigenvalue weighted by molar-refractivity contribution is 7.92. The van der Waals surface area contributed by atoms with Crippen LogP contribution in [0.15, 0.2) is 47.4 Å². The minimum atomic E-state index is -4.02. The van der Waals surface area contributed by atoms with Gasteiger partial charge in [-0.15, -0.1) is 0 Å². The number of sulfonamides is 1. The highest BCUT2D eigenvalue weighted by Gasteiger charge is 2.23. The molecule has 0 aliphatic carbocycles. The minimum Gasteiger partial charge on any atom is -0.469 e. The predicted molar refractivity (Wildman–Crippen MR) is 116 cm³/mol. The van der Waals surface area contributed by atoms with Crippen LogP contribution in [-0.2, 0) is 19.6 Å². The number of rotatable bonds is 8. The van der Waals surface area contributed by atoms with E-state index in [0.29, 0.717) is 6.54 Å². The molecule has 0 aliphatic rings. The third kappa shape index (κ3) is 5.87. The Morgan fingerprint density at radius 3 is 2.50 bits per heavy atom. The quantitative estimate of drug-likeness (QED) is 0.584. The van der Waals surface area contributed by atoms with Crippen LogP contribution in [0.4, 0.5) is 5.69 Å². The van der Waals surface area contributed by atoms with Crippen LogP contribution in [0.25, 0.3) is 0 Å². The van der Waals surface area contributed by atoms with Gasteiger partial charge in [0.1, 0.15) is 4.90 Å². The molecular formula is C20H22Cl2N2O5S. The highest BCUT2D eigenvalue weighted by atomic mass is 35.5. The second-order valence-corrected chi connectivity index (χ2v) is 9.02. The fraction of sp³-hybridized carbons (Fsp3) is 0.300. The predicted octanol–water partition coefficient (Wildman–Crippen LogP) is 4.07. The Morgan fingerprint density at radius 2 is 1.87 bits per heavy atom. The number of amides is 1. The van der Waals surface area contributed by atoms with E-state index < -0.39 is 21.9 Å².